The van der Waals surface area contributed by atoms with Crippen molar-refractivity contribution in [2.75, 3.05) is 25.5 Å². The number of amides is 1. The highest BCUT2D eigenvalue weighted by atomic mass is 35.5. The molecule has 0 unspecified atom stereocenters. The smallest absolute Gasteiger partial charge is 0.240 e. The van der Waals surface area contributed by atoms with Crippen molar-refractivity contribution in [3.05, 3.63) is 23.2 Å². The van der Waals surface area contributed by atoms with Crippen LogP contribution in [0.1, 0.15) is 39.5 Å². The molecule has 9 heteroatoms. The van der Waals surface area contributed by atoms with Crippen LogP contribution in [0.5, 0.6) is 0 Å². The number of halogens is 1. The van der Waals surface area contributed by atoms with Crippen LogP contribution in [0.4, 0.5) is 5.69 Å². The largest absolute Gasteiger partial charge is 0.397 e. The summed E-state index contributed by atoms with van der Waals surface area (Å²) in [5.74, 6) is 0.467. The second kappa shape index (κ2) is 9.20. The number of ether oxygens (including phenoxy) is 1. The molecule has 3 rings (SSSR count). The molecule has 1 atom stereocenters. The highest BCUT2D eigenvalue weighted by Crippen LogP contribution is 2.30. The van der Waals surface area contributed by atoms with E-state index in [1.54, 1.807) is 0 Å². The molecular weight excluding hydrogens is 414 g/mol. The lowest BCUT2D eigenvalue weighted by Gasteiger charge is -2.41. The van der Waals surface area contributed by atoms with Crippen LogP contribution in [-0.2, 0) is 19.6 Å². The summed E-state index contributed by atoms with van der Waals surface area (Å²) < 4.78 is 33.6. The summed E-state index contributed by atoms with van der Waals surface area (Å²) in [7, 11) is -3.68. The van der Waals surface area contributed by atoms with Gasteiger partial charge in [0.15, 0.2) is 0 Å². The van der Waals surface area contributed by atoms with E-state index < -0.39 is 10.0 Å². The Morgan fingerprint density at radius 3 is 2.59 bits per heavy atom. The molecule has 0 bridgehead atoms. The first-order chi connectivity index (χ1) is 13.7. The van der Waals surface area contributed by atoms with Crippen molar-refractivity contribution in [3.63, 3.8) is 0 Å². The van der Waals surface area contributed by atoms with Gasteiger partial charge in [0.25, 0.3) is 0 Å². The SMILES string of the molecule is CC(C)[C@H]1COCCN1C(=O)[C@H]1CC[C@H](NS(=O)(=O)c2ccc(Cl)c(N)c2)CC1. The quantitative estimate of drug-likeness (QED) is 0.681. The van der Waals surface area contributed by atoms with Gasteiger partial charge in [0, 0.05) is 18.5 Å². The molecule has 2 aliphatic rings. The highest BCUT2D eigenvalue weighted by Gasteiger charge is 2.36. The minimum atomic E-state index is -3.68. The van der Waals surface area contributed by atoms with Crippen LogP contribution in [0.25, 0.3) is 0 Å². The number of hydrogen-bond donors (Lipinski definition) is 2. The van der Waals surface area contributed by atoms with E-state index in [1.807, 2.05) is 4.90 Å². The van der Waals surface area contributed by atoms with E-state index in [9.17, 15) is 13.2 Å². The van der Waals surface area contributed by atoms with Crippen molar-refractivity contribution in [2.24, 2.45) is 11.8 Å². The van der Waals surface area contributed by atoms with E-state index >= 15 is 0 Å². The fraction of sp³-hybridized carbons (Fsp3) is 0.650. The number of carbonyl (C=O) groups excluding carboxylic acids is 1. The fourth-order valence-corrected chi connectivity index (χ4v) is 5.58. The average Bonchev–Trinajstić information content (AvgIpc) is 2.69. The van der Waals surface area contributed by atoms with E-state index in [-0.39, 0.29) is 34.5 Å². The van der Waals surface area contributed by atoms with Gasteiger partial charge in [0.1, 0.15) is 0 Å². The van der Waals surface area contributed by atoms with Crippen LogP contribution >= 0.6 is 11.6 Å². The lowest BCUT2D eigenvalue weighted by atomic mass is 9.85. The van der Waals surface area contributed by atoms with Crippen molar-refractivity contribution in [1.82, 2.24) is 9.62 Å². The number of rotatable bonds is 5. The molecule has 1 heterocycles. The molecule has 1 aromatic carbocycles. The minimum absolute atomic E-state index is 0.0544. The molecule has 1 saturated heterocycles. The third-order valence-electron chi connectivity index (χ3n) is 5.89. The van der Waals surface area contributed by atoms with Crippen molar-refractivity contribution in [2.45, 2.75) is 56.5 Å². The minimum Gasteiger partial charge on any atom is -0.397 e. The Kier molecular flexibility index (Phi) is 7.09. The Labute approximate surface area is 178 Å². The molecule has 2 fully saturated rings. The Morgan fingerprint density at radius 2 is 1.97 bits per heavy atom. The van der Waals surface area contributed by atoms with Gasteiger partial charge in [-0.05, 0) is 49.8 Å². The number of benzene rings is 1. The van der Waals surface area contributed by atoms with E-state index in [0.29, 0.717) is 56.4 Å². The molecule has 1 aliphatic heterocycles. The van der Waals surface area contributed by atoms with Crippen LogP contribution in [0.2, 0.25) is 5.02 Å². The van der Waals surface area contributed by atoms with Gasteiger partial charge >= 0.3 is 0 Å². The Morgan fingerprint density at radius 1 is 1.28 bits per heavy atom. The van der Waals surface area contributed by atoms with Crippen LogP contribution in [0.3, 0.4) is 0 Å². The van der Waals surface area contributed by atoms with Crippen molar-refractivity contribution < 1.29 is 17.9 Å². The van der Waals surface area contributed by atoms with Gasteiger partial charge < -0.3 is 15.4 Å². The van der Waals surface area contributed by atoms with Crippen molar-refractivity contribution in [3.8, 4) is 0 Å². The lowest BCUT2D eigenvalue weighted by molar-refractivity contribution is -0.147. The summed E-state index contributed by atoms with van der Waals surface area (Å²) >= 11 is 5.88. The summed E-state index contributed by atoms with van der Waals surface area (Å²) in [5, 5.41) is 0.325. The van der Waals surface area contributed by atoms with Gasteiger partial charge in [-0.25, -0.2) is 13.1 Å². The van der Waals surface area contributed by atoms with Crippen LogP contribution < -0.4 is 10.5 Å². The van der Waals surface area contributed by atoms with E-state index in [4.69, 9.17) is 22.1 Å². The molecule has 162 valence electrons. The van der Waals surface area contributed by atoms with Gasteiger partial charge in [-0.3, -0.25) is 4.79 Å². The third-order valence-corrected chi connectivity index (χ3v) is 7.76. The van der Waals surface area contributed by atoms with Crippen molar-refractivity contribution >= 4 is 33.2 Å². The van der Waals surface area contributed by atoms with Gasteiger partial charge in [-0.15, -0.1) is 0 Å². The lowest BCUT2D eigenvalue weighted by Crippen LogP contribution is -2.53. The van der Waals surface area contributed by atoms with Gasteiger partial charge in [-0.1, -0.05) is 25.4 Å². The molecular formula is C20H30ClN3O4S. The topological polar surface area (TPSA) is 102 Å². The van der Waals surface area contributed by atoms with E-state index in [2.05, 4.69) is 18.6 Å². The highest BCUT2D eigenvalue weighted by molar-refractivity contribution is 7.89. The first kappa shape index (κ1) is 22.3. The van der Waals surface area contributed by atoms with Gasteiger partial charge in [0.2, 0.25) is 15.9 Å². The first-order valence-corrected chi connectivity index (χ1v) is 12.0. The number of nitrogen functional groups attached to an aromatic ring is 1. The van der Waals surface area contributed by atoms with Crippen LogP contribution in [-0.4, -0.2) is 51.1 Å². The molecule has 0 spiro atoms. The number of morpholine rings is 1. The number of nitrogens with one attached hydrogen (secondary N) is 1. The summed E-state index contributed by atoms with van der Waals surface area (Å²) in [5.41, 5.74) is 5.96. The molecule has 29 heavy (non-hydrogen) atoms. The summed E-state index contributed by atoms with van der Waals surface area (Å²) in [6.07, 6.45) is 2.62. The Balaban J connectivity index is 1.58. The average molecular weight is 444 g/mol. The monoisotopic (exact) mass is 443 g/mol. The normalized spacial score (nSPS) is 25.9. The number of carbonyl (C=O) groups is 1. The molecule has 1 amide bonds. The van der Waals surface area contributed by atoms with Gasteiger partial charge in [0.05, 0.1) is 34.9 Å². The number of hydrogen-bond acceptors (Lipinski definition) is 5. The van der Waals surface area contributed by atoms with Gasteiger partial charge in [-0.2, -0.15) is 0 Å². The standard InChI is InChI=1S/C20H30ClN3O4S/c1-13(2)19-12-28-10-9-24(19)20(25)14-3-5-15(6-4-14)23-29(26,27)16-7-8-17(21)18(22)11-16/h7-8,11,13-15,19,23H,3-6,9-10,12,22H2,1-2H3/t14-,15-,19-/m1/s1. The Bertz CT molecular complexity index is 838. The third kappa shape index (κ3) is 5.23. The maximum Gasteiger partial charge on any atom is 0.240 e. The summed E-state index contributed by atoms with van der Waals surface area (Å²) in [6.45, 7) is 6.01. The Hall–Kier alpha value is -1.35. The zero-order valence-electron chi connectivity index (χ0n) is 16.9. The number of nitrogens with two attached hydrogens (primary N) is 1. The second-order valence-electron chi connectivity index (χ2n) is 8.27. The predicted octanol–water partition coefficient (Wildman–Crippen LogP) is 2.64. The molecule has 1 saturated carbocycles. The number of sulfonamides is 1. The zero-order valence-corrected chi connectivity index (χ0v) is 18.5. The predicted molar refractivity (Wildman–Crippen MR) is 113 cm³/mol. The maximum atomic E-state index is 13.1. The molecule has 3 N–H and O–H groups in total. The zero-order chi connectivity index (χ0) is 21.2. The maximum absolute atomic E-state index is 13.1. The number of nitrogens with zero attached hydrogens (tertiary/aromatic N) is 1. The second-order valence-corrected chi connectivity index (χ2v) is 10.4. The summed E-state index contributed by atoms with van der Waals surface area (Å²) in [4.78, 5) is 15.1. The molecule has 1 aliphatic carbocycles. The molecule has 7 nitrogen and oxygen atoms in total. The number of anilines is 1. The van der Waals surface area contributed by atoms with Crippen molar-refractivity contribution in [1.29, 1.82) is 0 Å². The molecule has 1 aromatic rings. The fourth-order valence-electron chi connectivity index (χ4n) is 4.12. The molecule has 0 radical (unpaired) electrons. The van der Waals surface area contributed by atoms with Crippen LogP contribution in [0.15, 0.2) is 23.1 Å². The first-order valence-electron chi connectivity index (χ1n) is 10.1. The molecule has 0 aromatic heterocycles. The summed E-state index contributed by atoms with van der Waals surface area (Å²) in [6, 6.07) is 4.22. The van der Waals surface area contributed by atoms with E-state index in [1.165, 1.54) is 18.2 Å². The van der Waals surface area contributed by atoms with E-state index in [0.717, 1.165) is 0 Å². The van der Waals surface area contributed by atoms with Crippen LogP contribution in [0, 0.1) is 11.8 Å².